The third kappa shape index (κ3) is 3.80. The van der Waals surface area contributed by atoms with Crippen LogP contribution in [0.3, 0.4) is 0 Å². The van der Waals surface area contributed by atoms with Gasteiger partial charge >= 0.3 is 0 Å². The van der Waals surface area contributed by atoms with Gasteiger partial charge < -0.3 is 20.4 Å². The quantitative estimate of drug-likeness (QED) is 0.492. The van der Waals surface area contributed by atoms with Crippen LogP contribution in [0.2, 0.25) is 0 Å². The fourth-order valence-corrected chi connectivity index (χ4v) is 9.43. The minimum Gasteiger partial charge on any atom is -0.390 e. The zero-order chi connectivity index (χ0) is 23.6. The zero-order valence-corrected chi connectivity index (χ0v) is 21.4. The SMILES string of the molecule is CC(C)[C@@H](C)[C@@H](O)[C@H](O)[C@@H](C)[C@H]1CC[C@H]2[C@@H]3CC[C@H]4C[C@H](O)[C@H](O)C[C@]4(C)[C@H]3CC[C@@]12C. The highest BCUT2D eigenvalue weighted by Crippen LogP contribution is 2.68. The predicted octanol–water partition coefficient (Wildman–Crippen LogP) is 4.63. The number of rotatable bonds is 5. The van der Waals surface area contributed by atoms with Gasteiger partial charge in [-0.3, -0.25) is 0 Å². The molecule has 0 unspecified atom stereocenters. The maximum Gasteiger partial charge on any atom is 0.0830 e. The van der Waals surface area contributed by atoms with Gasteiger partial charge in [-0.2, -0.15) is 0 Å². The third-order valence-corrected chi connectivity index (χ3v) is 11.9. The van der Waals surface area contributed by atoms with Crippen molar-refractivity contribution in [3.8, 4) is 0 Å². The Kier molecular flexibility index (Phi) is 6.87. The molecule has 13 atom stereocenters. The summed E-state index contributed by atoms with van der Waals surface area (Å²) in [5.74, 6) is 3.59. The second-order valence-corrected chi connectivity index (χ2v) is 13.4. The Morgan fingerprint density at radius 1 is 0.750 bits per heavy atom. The fourth-order valence-electron chi connectivity index (χ4n) is 9.43. The number of hydrogen-bond donors (Lipinski definition) is 4. The first-order chi connectivity index (χ1) is 14.9. The summed E-state index contributed by atoms with van der Waals surface area (Å²) >= 11 is 0. The van der Waals surface area contributed by atoms with Gasteiger partial charge in [-0.25, -0.2) is 0 Å². The van der Waals surface area contributed by atoms with Gasteiger partial charge in [-0.15, -0.1) is 0 Å². The van der Waals surface area contributed by atoms with Crippen LogP contribution in [-0.4, -0.2) is 44.8 Å². The average molecular weight is 451 g/mol. The van der Waals surface area contributed by atoms with E-state index in [4.69, 9.17) is 0 Å². The maximum absolute atomic E-state index is 11.2. The molecule has 0 spiro atoms. The average Bonchev–Trinajstić information content (AvgIpc) is 3.09. The number of hydrogen-bond acceptors (Lipinski definition) is 4. The van der Waals surface area contributed by atoms with Crippen LogP contribution < -0.4 is 0 Å². The van der Waals surface area contributed by atoms with Crippen LogP contribution >= 0.6 is 0 Å². The highest BCUT2D eigenvalue weighted by atomic mass is 16.3. The zero-order valence-electron chi connectivity index (χ0n) is 21.4. The van der Waals surface area contributed by atoms with E-state index in [9.17, 15) is 20.4 Å². The van der Waals surface area contributed by atoms with Crippen LogP contribution in [0.1, 0.15) is 92.9 Å². The normalized spacial score (nSPS) is 50.2. The van der Waals surface area contributed by atoms with Gasteiger partial charge in [0.1, 0.15) is 0 Å². The van der Waals surface area contributed by atoms with Crippen molar-refractivity contribution in [3.05, 3.63) is 0 Å². The summed E-state index contributed by atoms with van der Waals surface area (Å²) in [4.78, 5) is 0. The second kappa shape index (κ2) is 8.81. The van der Waals surface area contributed by atoms with E-state index >= 15 is 0 Å². The summed E-state index contributed by atoms with van der Waals surface area (Å²) in [6.07, 6.45) is 6.31. The lowest BCUT2D eigenvalue weighted by atomic mass is 9.44. The molecule has 4 rings (SSSR count). The number of aliphatic hydroxyl groups excluding tert-OH is 4. The van der Waals surface area contributed by atoms with E-state index in [0.717, 1.165) is 19.3 Å². The third-order valence-electron chi connectivity index (χ3n) is 11.9. The van der Waals surface area contributed by atoms with Crippen molar-refractivity contribution in [3.63, 3.8) is 0 Å². The monoisotopic (exact) mass is 450 g/mol. The summed E-state index contributed by atoms with van der Waals surface area (Å²) in [5, 5.41) is 42.8. The Labute approximate surface area is 196 Å². The molecule has 0 amide bonds. The van der Waals surface area contributed by atoms with Gasteiger partial charge in [0, 0.05) is 0 Å². The van der Waals surface area contributed by atoms with Crippen molar-refractivity contribution in [2.24, 2.45) is 58.2 Å². The van der Waals surface area contributed by atoms with E-state index in [-0.39, 0.29) is 22.7 Å². The van der Waals surface area contributed by atoms with Gasteiger partial charge in [-0.05, 0) is 110 Å². The number of aliphatic hydroxyl groups is 4. The van der Waals surface area contributed by atoms with Gasteiger partial charge in [0.15, 0.2) is 0 Å². The molecule has 0 radical (unpaired) electrons. The van der Waals surface area contributed by atoms with E-state index < -0.39 is 24.4 Å². The fraction of sp³-hybridized carbons (Fsp3) is 1.00. The number of fused-ring (bicyclic) bond motifs is 5. The van der Waals surface area contributed by atoms with Crippen molar-refractivity contribution in [2.75, 3.05) is 0 Å². The lowest BCUT2D eigenvalue weighted by molar-refractivity contribution is -0.163. The molecule has 0 aliphatic heterocycles. The summed E-state index contributed by atoms with van der Waals surface area (Å²) in [6.45, 7) is 13.4. The summed E-state index contributed by atoms with van der Waals surface area (Å²) in [5.41, 5.74) is 0.382. The first kappa shape index (κ1) is 24.9. The molecule has 4 N–H and O–H groups in total. The standard InChI is InChI=1S/C28H50O4/c1-15(2)16(3)25(31)26(32)17(4)20-9-10-21-19-8-7-18-13-23(29)24(30)14-28(18,6)22(19)11-12-27(20,21)5/h15-26,29-32H,7-14H2,1-6H3/t16-,17+,18+,19+,20-,21+,22+,23+,24-,25-,26-,27+,28+/m1/s1. The van der Waals surface area contributed by atoms with Crippen molar-refractivity contribution in [1.82, 2.24) is 0 Å². The Morgan fingerprint density at radius 2 is 1.41 bits per heavy atom. The maximum atomic E-state index is 11.2. The van der Waals surface area contributed by atoms with Crippen LogP contribution in [0.25, 0.3) is 0 Å². The molecular formula is C28H50O4. The molecule has 4 fully saturated rings. The van der Waals surface area contributed by atoms with E-state index in [1.165, 1.54) is 32.1 Å². The Morgan fingerprint density at radius 3 is 2.06 bits per heavy atom. The van der Waals surface area contributed by atoms with Crippen LogP contribution in [0.5, 0.6) is 0 Å². The van der Waals surface area contributed by atoms with E-state index in [2.05, 4.69) is 41.5 Å². The van der Waals surface area contributed by atoms with Crippen molar-refractivity contribution >= 4 is 0 Å². The molecule has 4 nitrogen and oxygen atoms in total. The van der Waals surface area contributed by atoms with Crippen LogP contribution in [-0.2, 0) is 0 Å². The molecule has 186 valence electrons. The molecule has 4 aliphatic rings. The van der Waals surface area contributed by atoms with Gasteiger partial charge in [0.05, 0.1) is 24.4 Å². The Bertz CT molecular complexity index is 666. The molecule has 4 aliphatic carbocycles. The molecule has 0 heterocycles. The second-order valence-electron chi connectivity index (χ2n) is 13.4. The van der Waals surface area contributed by atoms with Crippen molar-refractivity contribution in [1.29, 1.82) is 0 Å². The molecule has 0 saturated heterocycles. The van der Waals surface area contributed by atoms with Gasteiger partial charge in [0.25, 0.3) is 0 Å². The first-order valence-corrected chi connectivity index (χ1v) is 13.6. The first-order valence-electron chi connectivity index (χ1n) is 13.6. The molecule has 0 aromatic carbocycles. The smallest absolute Gasteiger partial charge is 0.0830 e. The molecule has 32 heavy (non-hydrogen) atoms. The molecule has 4 saturated carbocycles. The summed E-state index contributed by atoms with van der Waals surface area (Å²) in [7, 11) is 0. The molecular weight excluding hydrogens is 400 g/mol. The van der Waals surface area contributed by atoms with E-state index in [0.29, 0.717) is 35.5 Å². The minimum absolute atomic E-state index is 0.0940. The Balaban J connectivity index is 1.52. The van der Waals surface area contributed by atoms with Gasteiger partial charge in [0.2, 0.25) is 0 Å². The van der Waals surface area contributed by atoms with E-state index in [1.54, 1.807) is 0 Å². The lowest BCUT2D eigenvalue weighted by Crippen LogP contribution is -2.57. The van der Waals surface area contributed by atoms with Crippen LogP contribution in [0.4, 0.5) is 0 Å². The highest BCUT2D eigenvalue weighted by molar-refractivity contribution is 5.11. The molecule has 4 heteroatoms. The van der Waals surface area contributed by atoms with E-state index in [1.807, 2.05) is 0 Å². The van der Waals surface area contributed by atoms with Gasteiger partial charge in [-0.1, -0.05) is 41.5 Å². The molecule has 0 aromatic heterocycles. The summed E-state index contributed by atoms with van der Waals surface area (Å²) < 4.78 is 0. The predicted molar refractivity (Wildman–Crippen MR) is 128 cm³/mol. The topological polar surface area (TPSA) is 80.9 Å². The minimum atomic E-state index is -0.659. The lowest BCUT2D eigenvalue weighted by Gasteiger charge is -2.61. The molecule has 0 bridgehead atoms. The Hall–Kier alpha value is -0.160. The van der Waals surface area contributed by atoms with Crippen LogP contribution in [0, 0.1) is 58.2 Å². The van der Waals surface area contributed by atoms with Crippen LogP contribution in [0.15, 0.2) is 0 Å². The highest BCUT2D eigenvalue weighted by Gasteiger charge is 2.62. The largest absolute Gasteiger partial charge is 0.390 e. The molecule has 0 aromatic rings. The van der Waals surface area contributed by atoms with Crippen molar-refractivity contribution in [2.45, 2.75) is 117 Å². The summed E-state index contributed by atoms with van der Waals surface area (Å²) in [6, 6.07) is 0. The van der Waals surface area contributed by atoms with Crippen molar-refractivity contribution < 1.29 is 20.4 Å².